The summed E-state index contributed by atoms with van der Waals surface area (Å²) in [4.78, 5) is 0. The van der Waals surface area contributed by atoms with E-state index in [2.05, 4.69) is 37.4 Å². The summed E-state index contributed by atoms with van der Waals surface area (Å²) in [5.41, 5.74) is 2.28. The summed E-state index contributed by atoms with van der Waals surface area (Å²) in [5, 5.41) is 3.47. The van der Waals surface area contributed by atoms with Crippen LogP contribution >= 0.6 is 12.4 Å². The molecule has 24 heavy (non-hydrogen) atoms. The van der Waals surface area contributed by atoms with E-state index < -0.39 is 0 Å². The molecule has 3 nitrogen and oxygen atoms in total. The second-order valence-corrected chi connectivity index (χ2v) is 5.98. The first kappa shape index (κ1) is 20.3. The Morgan fingerprint density at radius 1 is 0.958 bits per heavy atom. The average Bonchev–Trinajstić information content (AvgIpc) is 2.55. The van der Waals surface area contributed by atoms with Gasteiger partial charge in [0.25, 0.3) is 0 Å². The fourth-order valence-corrected chi connectivity index (χ4v) is 2.36. The lowest BCUT2D eigenvalue weighted by Crippen LogP contribution is -2.19. The van der Waals surface area contributed by atoms with Crippen molar-refractivity contribution < 1.29 is 9.47 Å². The fourth-order valence-electron chi connectivity index (χ4n) is 2.36. The summed E-state index contributed by atoms with van der Waals surface area (Å²) >= 11 is 0. The first-order valence-corrected chi connectivity index (χ1v) is 8.32. The standard InChI is InChI=1S/C20H27NO2.ClH/c1-4-22-19-12-8-11-18(14-21-13-16(2)3)20(19)23-15-17-9-6-5-7-10-17;/h5-12,16,21H,4,13-15H2,1-3H3;1H. The second kappa shape index (κ2) is 11.0. The van der Waals surface area contributed by atoms with Gasteiger partial charge in [0.1, 0.15) is 6.61 Å². The van der Waals surface area contributed by atoms with Crippen LogP contribution in [0.4, 0.5) is 0 Å². The summed E-state index contributed by atoms with van der Waals surface area (Å²) in [6.45, 7) is 9.34. The maximum Gasteiger partial charge on any atom is 0.166 e. The molecule has 0 aliphatic heterocycles. The van der Waals surface area contributed by atoms with Crippen LogP contribution in [0.3, 0.4) is 0 Å². The molecule has 132 valence electrons. The van der Waals surface area contributed by atoms with Gasteiger partial charge in [-0.15, -0.1) is 12.4 Å². The lowest BCUT2D eigenvalue weighted by Gasteiger charge is -2.17. The summed E-state index contributed by atoms with van der Waals surface area (Å²) in [6.07, 6.45) is 0. The van der Waals surface area contributed by atoms with E-state index >= 15 is 0 Å². The number of para-hydroxylation sites is 1. The Morgan fingerprint density at radius 3 is 2.38 bits per heavy atom. The molecule has 0 radical (unpaired) electrons. The summed E-state index contributed by atoms with van der Waals surface area (Å²) in [6, 6.07) is 16.3. The zero-order chi connectivity index (χ0) is 16.5. The van der Waals surface area contributed by atoms with Crippen molar-refractivity contribution in [2.24, 2.45) is 5.92 Å². The van der Waals surface area contributed by atoms with Crippen molar-refractivity contribution in [3.8, 4) is 11.5 Å². The quantitative estimate of drug-likeness (QED) is 0.703. The summed E-state index contributed by atoms with van der Waals surface area (Å²) < 4.78 is 11.8. The van der Waals surface area contributed by atoms with Crippen LogP contribution in [-0.4, -0.2) is 13.2 Å². The second-order valence-electron chi connectivity index (χ2n) is 5.98. The van der Waals surface area contributed by atoms with E-state index in [1.165, 1.54) is 0 Å². The van der Waals surface area contributed by atoms with Crippen LogP contribution in [0, 0.1) is 5.92 Å². The van der Waals surface area contributed by atoms with Gasteiger partial charge in [-0.3, -0.25) is 0 Å². The van der Waals surface area contributed by atoms with E-state index in [1.54, 1.807) is 0 Å². The number of hydrogen-bond donors (Lipinski definition) is 1. The molecule has 4 heteroatoms. The highest BCUT2D eigenvalue weighted by molar-refractivity contribution is 5.85. The molecule has 0 heterocycles. The minimum absolute atomic E-state index is 0. The Hall–Kier alpha value is -1.71. The molecule has 0 saturated carbocycles. The number of rotatable bonds is 9. The minimum Gasteiger partial charge on any atom is -0.490 e. The summed E-state index contributed by atoms with van der Waals surface area (Å²) in [7, 11) is 0. The maximum atomic E-state index is 6.10. The fraction of sp³-hybridized carbons (Fsp3) is 0.400. The van der Waals surface area contributed by atoms with Crippen molar-refractivity contribution in [2.45, 2.75) is 33.9 Å². The van der Waals surface area contributed by atoms with Crippen LogP contribution < -0.4 is 14.8 Å². The lowest BCUT2D eigenvalue weighted by atomic mass is 10.1. The van der Waals surface area contributed by atoms with Crippen molar-refractivity contribution in [3.05, 3.63) is 59.7 Å². The van der Waals surface area contributed by atoms with Crippen LogP contribution in [-0.2, 0) is 13.2 Å². The van der Waals surface area contributed by atoms with Gasteiger partial charge in [0.05, 0.1) is 6.61 Å². The smallest absolute Gasteiger partial charge is 0.166 e. The molecule has 0 unspecified atom stereocenters. The Labute approximate surface area is 151 Å². The molecule has 0 amide bonds. The third-order valence-electron chi connectivity index (χ3n) is 3.45. The molecule has 0 fully saturated rings. The molecule has 0 aliphatic carbocycles. The molecule has 0 bridgehead atoms. The monoisotopic (exact) mass is 349 g/mol. The van der Waals surface area contributed by atoms with E-state index in [4.69, 9.17) is 9.47 Å². The van der Waals surface area contributed by atoms with E-state index in [1.807, 2.05) is 37.3 Å². The predicted octanol–water partition coefficient (Wildman–Crippen LogP) is 4.83. The van der Waals surface area contributed by atoms with Crippen molar-refractivity contribution in [1.82, 2.24) is 5.32 Å². The zero-order valence-corrected chi connectivity index (χ0v) is 15.6. The van der Waals surface area contributed by atoms with Crippen molar-refractivity contribution in [2.75, 3.05) is 13.2 Å². The largest absolute Gasteiger partial charge is 0.490 e. The van der Waals surface area contributed by atoms with Gasteiger partial charge in [-0.05, 0) is 31.0 Å². The first-order valence-electron chi connectivity index (χ1n) is 8.32. The Bertz CT molecular complexity index is 587. The van der Waals surface area contributed by atoms with Crippen LogP contribution in [0.25, 0.3) is 0 Å². The van der Waals surface area contributed by atoms with Crippen molar-refractivity contribution >= 4 is 12.4 Å². The molecule has 2 rings (SSSR count). The SMILES string of the molecule is CCOc1cccc(CNCC(C)C)c1OCc1ccccc1.Cl. The predicted molar refractivity (Wildman–Crippen MR) is 102 cm³/mol. The van der Waals surface area contributed by atoms with Crippen LogP contribution in [0.15, 0.2) is 48.5 Å². The highest BCUT2D eigenvalue weighted by Gasteiger charge is 2.11. The van der Waals surface area contributed by atoms with Crippen LogP contribution in [0.5, 0.6) is 11.5 Å². The zero-order valence-electron chi connectivity index (χ0n) is 14.7. The first-order chi connectivity index (χ1) is 11.2. The third-order valence-corrected chi connectivity index (χ3v) is 3.45. The molecule has 1 N–H and O–H groups in total. The molecular weight excluding hydrogens is 322 g/mol. The van der Waals surface area contributed by atoms with Gasteiger partial charge in [0, 0.05) is 12.1 Å². The van der Waals surface area contributed by atoms with E-state index in [0.29, 0.717) is 19.1 Å². The van der Waals surface area contributed by atoms with Gasteiger partial charge in [0.15, 0.2) is 11.5 Å². The average molecular weight is 350 g/mol. The Morgan fingerprint density at radius 2 is 1.71 bits per heavy atom. The van der Waals surface area contributed by atoms with E-state index in [0.717, 1.165) is 35.7 Å². The topological polar surface area (TPSA) is 30.5 Å². The number of nitrogens with one attached hydrogen (secondary N) is 1. The van der Waals surface area contributed by atoms with E-state index in [9.17, 15) is 0 Å². The van der Waals surface area contributed by atoms with Gasteiger partial charge in [-0.2, -0.15) is 0 Å². The molecule has 0 aliphatic rings. The van der Waals surface area contributed by atoms with Crippen molar-refractivity contribution in [3.63, 3.8) is 0 Å². The summed E-state index contributed by atoms with van der Waals surface area (Å²) in [5.74, 6) is 2.28. The number of hydrogen-bond acceptors (Lipinski definition) is 3. The number of halogens is 1. The Balaban J connectivity index is 0.00000288. The van der Waals surface area contributed by atoms with Crippen molar-refractivity contribution in [1.29, 1.82) is 0 Å². The Kier molecular flexibility index (Phi) is 9.28. The minimum atomic E-state index is 0. The lowest BCUT2D eigenvalue weighted by molar-refractivity contribution is 0.266. The highest BCUT2D eigenvalue weighted by atomic mass is 35.5. The molecule has 0 atom stereocenters. The third kappa shape index (κ3) is 6.42. The molecule has 0 aromatic heterocycles. The number of benzene rings is 2. The van der Waals surface area contributed by atoms with E-state index in [-0.39, 0.29) is 12.4 Å². The molecule has 2 aromatic rings. The van der Waals surface area contributed by atoms with Gasteiger partial charge >= 0.3 is 0 Å². The van der Waals surface area contributed by atoms with Crippen LogP contribution in [0.2, 0.25) is 0 Å². The number of ether oxygens (including phenoxy) is 2. The highest BCUT2D eigenvalue weighted by Crippen LogP contribution is 2.32. The molecule has 0 spiro atoms. The normalized spacial score (nSPS) is 10.3. The molecular formula is C20H28ClNO2. The van der Waals surface area contributed by atoms with Gasteiger partial charge in [0.2, 0.25) is 0 Å². The van der Waals surface area contributed by atoms with Gasteiger partial charge in [-0.25, -0.2) is 0 Å². The maximum absolute atomic E-state index is 6.10. The molecule has 0 saturated heterocycles. The van der Waals surface area contributed by atoms with Crippen LogP contribution in [0.1, 0.15) is 31.9 Å². The van der Waals surface area contributed by atoms with Gasteiger partial charge in [-0.1, -0.05) is 56.3 Å². The van der Waals surface area contributed by atoms with Gasteiger partial charge < -0.3 is 14.8 Å². The molecule has 2 aromatic carbocycles.